The smallest absolute Gasteiger partial charge is 0.0277 e. The van der Waals surface area contributed by atoms with E-state index in [0.29, 0.717) is 0 Å². The van der Waals surface area contributed by atoms with E-state index in [1.54, 1.807) is 23.3 Å². The third-order valence-corrected chi connectivity index (χ3v) is 5.04. The molecule has 2 aliphatic rings. The molecule has 0 atom stereocenters. The molecule has 34 heavy (non-hydrogen) atoms. The quantitative estimate of drug-likeness (QED) is 0.329. The van der Waals surface area contributed by atoms with Gasteiger partial charge in [0.1, 0.15) is 0 Å². The van der Waals surface area contributed by atoms with Gasteiger partial charge in [0.2, 0.25) is 0 Å². The van der Waals surface area contributed by atoms with Crippen molar-refractivity contribution in [1.29, 1.82) is 0 Å². The molecule has 2 aromatic carbocycles. The summed E-state index contributed by atoms with van der Waals surface area (Å²) in [5.41, 5.74) is 5.87. The Morgan fingerprint density at radius 2 is 1.00 bits per heavy atom. The number of halogens is 2. The van der Waals surface area contributed by atoms with Crippen molar-refractivity contribution in [2.75, 3.05) is 0 Å². The Morgan fingerprint density at radius 1 is 0.647 bits per heavy atom. The monoisotopic (exact) mass is 584 g/mol. The molecule has 0 fully saturated rings. The molecule has 0 bridgehead atoms. The van der Waals surface area contributed by atoms with Gasteiger partial charge in [-0.15, -0.1) is 12.8 Å². The summed E-state index contributed by atoms with van der Waals surface area (Å²) < 4.78 is 0. The summed E-state index contributed by atoms with van der Waals surface area (Å²) in [5, 5.41) is 0. The van der Waals surface area contributed by atoms with E-state index in [1.807, 2.05) is 0 Å². The molecule has 0 N–H and O–H groups in total. The maximum absolute atomic E-state index is 3.35. The molecule has 2 aromatic rings. The normalized spacial score (nSPS) is 12.7. The van der Waals surface area contributed by atoms with E-state index in [2.05, 4.69) is 110 Å². The zero-order valence-electron chi connectivity index (χ0n) is 20.5. The van der Waals surface area contributed by atoms with E-state index < -0.39 is 0 Å². The Morgan fingerprint density at radius 3 is 1.29 bits per heavy atom. The van der Waals surface area contributed by atoms with Crippen molar-refractivity contribution in [2.45, 2.75) is 64.5 Å². The Kier molecular flexibility index (Phi) is 20.8. The topological polar surface area (TPSA) is 0 Å². The fraction of sp³-hybridized carbons (Fsp3) is 0.333. The van der Waals surface area contributed by atoms with Gasteiger partial charge in [0, 0.05) is 0 Å². The summed E-state index contributed by atoms with van der Waals surface area (Å²) in [6.45, 7) is 4.62. The first-order valence-electron chi connectivity index (χ1n) is 11.8. The molecule has 4 heteroatoms. The summed E-state index contributed by atoms with van der Waals surface area (Å²) >= 11 is 1.74. The van der Waals surface area contributed by atoms with Gasteiger partial charge in [-0.3, -0.25) is 12.2 Å². The van der Waals surface area contributed by atoms with Crippen LogP contribution < -0.4 is 24.8 Å². The van der Waals surface area contributed by atoms with Crippen LogP contribution in [-0.4, -0.2) is 5.43 Å². The molecule has 0 unspecified atom stereocenters. The maximum atomic E-state index is 3.35. The van der Waals surface area contributed by atoms with Crippen LogP contribution in [0.25, 0.3) is 0 Å². The Bertz CT molecular complexity index is 840. The first kappa shape index (κ1) is 33.1. The number of benzene rings is 2. The minimum absolute atomic E-state index is 0. The fourth-order valence-electron chi connectivity index (χ4n) is 3.50. The summed E-state index contributed by atoms with van der Waals surface area (Å²) in [5.74, 6) is 0. The first-order chi connectivity index (χ1) is 15.6. The molecule has 0 saturated carbocycles. The molecule has 0 nitrogen and oxygen atoms in total. The molecule has 0 aromatic heterocycles. The molecule has 0 saturated heterocycles. The van der Waals surface area contributed by atoms with Crippen LogP contribution in [0.4, 0.5) is 0 Å². The second-order valence-corrected chi connectivity index (χ2v) is 17.7. The Balaban J connectivity index is 0.000000528. The Labute approximate surface area is 235 Å². The molecule has 2 aliphatic carbocycles. The van der Waals surface area contributed by atoms with Gasteiger partial charge in [0.05, 0.1) is 0 Å². The van der Waals surface area contributed by atoms with Crippen molar-refractivity contribution >= 4 is 5.43 Å². The van der Waals surface area contributed by atoms with Gasteiger partial charge in [0.25, 0.3) is 0 Å². The summed E-state index contributed by atoms with van der Waals surface area (Å²) in [6.07, 6.45) is 24.7. The first-order valence-corrected chi connectivity index (χ1v) is 17.9. The van der Waals surface area contributed by atoms with E-state index in [4.69, 9.17) is 0 Å². The third kappa shape index (κ3) is 16.7. The van der Waals surface area contributed by atoms with Crippen LogP contribution in [-0.2, 0) is 36.2 Å². The van der Waals surface area contributed by atoms with Crippen LogP contribution in [0.15, 0.2) is 96.1 Å². The Hall–Kier alpha value is -0.920. The predicted octanol–water partition coefficient (Wildman–Crippen LogP) is 2.19. The van der Waals surface area contributed by atoms with E-state index in [-0.39, 0.29) is 30.2 Å². The number of allylic oxidation sites excluding steroid dienone is 8. The summed E-state index contributed by atoms with van der Waals surface area (Å²) in [4.78, 5) is 0. The van der Waals surface area contributed by atoms with Gasteiger partial charge in [-0.1, -0.05) is 73.5 Å². The van der Waals surface area contributed by atoms with Gasteiger partial charge in [-0.05, 0) is 36.8 Å². The van der Waals surface area contributed by atoms with Crippen LogP contribution >= 0.6 is 0 Å². The molecule has 0 amide bonds. The van der Waals surface area contributed by atoms with Crippen molar-refractivity contribution in [2.24, 2.45) is 0 Å². The molecule has 0 aliphatic heterocycles. The van der Waals surface area contributed by atoms with Crippen molar-refractivity contribution < 1.29 is 48.1 Å². The molecule has 0 heterocycles. The van der Waals surface area contributed by atoms with Crippen LogP contribution in [0, 0.1) is 12.2 Å². The average Bonchev–Trinajstić information content (AvgIpc) is 3.50. The van der Waals surface area contributed by atoms with Crippen LogP contribution in [0.1, 0.15) is 49.7 Å². The van der Waals surface area contributed by atoms with E-state index in [1.165, 1.54) is 60.8 Å². The second-order valence-electron chi connectivity index (χ2n) is 8.30. The van der Waals surface area contributed by atoms with Crippen molar-refractivity contribution in [3.63, 3.8) is 0 Å². The molecule has 180 valence electrons. The molecular weight excluding hydrogens is 551 g/mol. The maximum Gasteiger partial charge on any atom is -0.0277 e. The van der Waals surface area contributed by atoms with Crippen molar-refractivity contribution in [3.05, 3.63) is 119 Å². The molecule has 4 rings (SSSR count). The minimum atomic E-state index is 0. The van der Waals surface area contributed by atoms with Gasteiger partial charge >= 0.3 is 41.9 Å². The minimum Gasteiger partial charge on any atom is -1.00 e. The second kappa shape index (κ2) is 21.4. The molecular formula is C30H36Cl2SiZr-2. The summed E-state index contributed by atoms with van der Waals surface area (Å²) in [6, 6.07) is 21.4. The van der Waals surface area contributed by atoms with Gasteiger partial charge in [-0.2, -0.15) is 12.2 Å². The standard InChI is InChI=1S/2C14H15.C2H6Si.2ClH.Zr/c2*1-2-7-13(8-3-1)11-6-12-14-9-4-5-10-14;1-3-2;;;/h2*1-4,7-9H,5-6,11-12H2;1-2H3;2*1H;/q2*-1;;;;+2/p-2. The van der Waals surface area contributed by atoms with E-state index in [0.717, 1.165) is 12.8 Å². The van der Waals surface area contributed by atoms with E-state index in [9.17, 15) is 0 Å². The van der Waals surface area contributed by atoms with Gasteiger partial charge in [-0.25, -0.2) is 23.3 Å². The number of aryl methyl sites for hydroxylation is 2. The van der Waals surface area contributed by atoms with Crippen LogP contribution in [0.2, 0.25) is 13.1 Å². The van der Waals surface area contributed by atoms with Crippen LogP contribution in [0.3, 0.4) is 0 Å². The third-order valence-electron chi connectivity index (χ3n) is 5.04. The fourth-order valence-corrected chi connectivity index (χ4v) is 3.50. The van der Waals surface area contributed by atoms with Gasteiger partial charge in [0.15, 0.2) is 0 Å². The molecule has 0 radical (unpaired) electrons. The zero-order chi connectivity index (χ0) is 22.9. The average molecular weight is 587 g/mol. The van der Waals surface area contributed by atoms with E-state index >= 15 is 0 Å². The van der Waals surface area contributed by atoms with Crippen molar-refractivity contribution in [3.8, 4) is 0 Å². The van der Waals surface area contributed by atoms with Crippen molar-refractivity contribution in [1.82, 2.24) is 0 Å². The predicted molar refractivity (Wildman–Crippen MR) is 137 cm³/mol. The number of hydrogen-bond donors (Lipinski definition) is 0. The van der Waals surface area contributed by atoms with Crippen LogP contribution in [0.5, 0.6) is 0 Å². The summed E-state index contributed by atoms with van der Waals surface area (Å²) in [7, 11) is 0. The number of hydrogen-bond acceptors (Lipinski definition) is 0. The molecule has 0 spiro atoms. The van der Waals surface area contributed by atoms with Gasteiger partial charge < -0.3 is 24.8 Å². The SMILES string of the molecule is C[Si](C)=[Zr+2].[C-]1=C(CCCc2ccccc2)C=CC1.[C-]1=C(CCCc2ccccc2)C=CC1.[Cl-].[Cl-]. The largest absolute Gasteiger partial charge is 1.00 e. The number of rotatable bonds is 8. The zero-order valence-corrected chi connectivity index (χ0v) is 25.5.